The van der Waals surface area contributed by atoms with Gasteiger partial charge in [-0.05, 0) is 62.4 Å². The lowest BCUT2D eigenvalue weighted by Gasteiger charge is -2.16. The summed E-state index contributed by atoms with van der Waals surface area (Å²) in [6.07, 6.45) is 6.91. The van der Waals surface area contributed by atoms with E-state index in [0.29, 0.717) is 21.6 Å². The zero-order chi connectivity index (χ0) is 21.6. The van der Waals surface area contributed by atoms with E-state index < -0.39 is 5.91 Å². The summed E-state index contributed by atoms with van der Waals surface area (Å²) in [4.78, 5) is 43.6. The highest BCUT2D eigenvalue weighted by molar-refractivity contribution is 8.18. The van der Waals surface area contributed by atoms with Crippen LogP contribution >= 0.6 is 11.8 Å². The van der Waals surface area contributed by atoms with E-state index in [2.05, 4.69) is 10.9 Å². The molecule has 0 bridgehead atoms. The van der Waals surface area contributed by atoms with Crippen LogP contribution in [0.4, 0.5) is 4.79 Å². The highest BCUT2D eigenvalue weighted by Gasteiger charge is 2.34. The van der Waals surface area contributed by atoms with E-state index in [-0.39, 0.29) is 17.3 Å². The third kappa shape index (κ3) is 3.04. The Morgan fingerprint density at radius 1 is 1.13 bits per heavy atom. The Morgan fingerprint density at radius 3 is 2.60 bits per heavy atom. The number of carbonyl (C=O) groups excluding carboxylic acids is 2. The largest absolute Gasteiger partial charge is 0.294 e. The van der Waals surface area contributed by atoms with E-state index in [1.807, 2.05) is 26.0 Å². The number of rotatable bonds is 3. The van der Waals surface area contributed by atoms with Gasteiger partial charge < -0.3 is 0 Å². The van der Waals surface area contributed by atoms with Gasteiger partial charge in [-0.15, -0.1) is 6.42 Å². The van der Waals surface area contributed by atoms with E-state index in [0.717, 1.165) is 33.6 Å². The standard InChI is InChI=1S/C22H18N4O3S/c1-5-10-24-21(28)19(30-22(24)29)12-16-11-13(2)25(14(16)3)26-15(4)23-18-9-7-6-8-17(18)20(26)27/h1,6-9,11-12H,10H2,2-4H3. The molecule has 8 heteroatoms. The van der Waals surface area contributed by atoms with E-state index in [1.54, 1.807) is 35.9 Å². The van der Waals surface area contributed by atoms with Gasteiger partial charge in [0.1, 0.15) is 5.82 Å². The SMILES string of the molecule is C#CCN1C(=O)SC(=Cc2cc(C)n(-n3c(C)nc4ccccc4c3=O)c2C)C1=O. The van der Waals surface area contributed by atoms with E-state index in [4.69, 9.17) is 6.42 Å². The minimum Gasteiger partial charge on any atom is -0.268 e. The first kappa shape index (κ1) is 19.7. The van der Waals surface area contributed by atoms with Crippen molar-refractivity contribution in [3.63, 3.8) is 0 Å². The first-order valence-electron chi connectivity index (χ1n) is 9.20. The van der Waals surface area contributed by atoms with Crippen LogP contribution in [0.2, 0.25) is 0 Å². The first-order chi connectivity index (χ1) is 14.3. The average molecular weight is 418 g/mol. The van der Waals surface area contributed by atoms with Crippen molar-refractivity contribution in [2.24, 2.45) is 0 Å². The van der Waals surface area contributed by atoms with E-state index >= 15 is 0 Å². The van der Waals surface area contributed by atoms with Crippen LogP contribution in [-0.2, 0) is 4.79 Å². The highest BCUT2D eigenvalue weighted by Crippen LogP contribution is 2.33. The van der Waals surface area contributed by atoms with Crippen LogP contribution in [0.3, 0.4) is 0 Å². The van der Waals surface area contributed by atoms with Crippen LogP contribution in [0.25, 0.3) is 17.0 Å². The van der Waals surface area contributed by atoms with Crippen LogP contribution in [0.15, 0.2) is 40.0 Å². The van der Waals surface area contributed by atoms with Crippen molar-refractivity contribution in [2.75, 3.05) is 6.54 Å². The molecule has 7 nitrogen and oxygen atoms in total. The summed E-state index contributed by atoms with van der Waals surface area (Å²) >= 11 is 0.857. The van der Waals surface area contributed by atoms with Crippen molar-refractivity contribution >= 4 is 39.9 Å². The molecular weight excluding hydrogens is 400 g/mol. The smallest absolute Gasteiger partial charge is 0.268 e. The Labute approximate surface area is 177 Å². The summed E-state index contributed by atoms with van der Waals surface area (Å²) in [5.74, 6) is 2.46. The molecule has 3 heterocycles. The summed E-state index contributed by atoms with van der Waals surface area (Å²) in [5, 5.41) is 0.136. The minimum atomic E-state index is -0.409. The number of imide groups is 1. The van der Waals surface area contributed by atoms with Crippen LogP contribution in [-0.4, -0.2) is 36.9 Å². The molecule has 0 radical (unpaired) electrons. The Morgan fingerprint density at radius 2 is 1.87 bits per heavy atom. The molecule has 2 aromatic heterocycles. The maximum Gasteiger partial charge on any atom is 0.294 e. The third-order valence-electron chi connectivity index (χ3n) is 4.96. The van der Waals surface area contributed by atoms with Gasteiger partial charge in [-0.25, -0.2) is 4.98 Å². The molecule has 0 N–H and O–H groups in total. The van der Waals surface area contributed by atoms with Gasteiger partial charge in [-0.1, -0.05) is 18.1 Å². The van der Waals surface area contributed by atoms with E-state index in [9.17, 15) is 14.4 Å². The zero-order valence-corrected chi connectivity index (χ0v) is 17.5. The quantitative estimate of drug-likeness (QED) is 0.483. The van der Waals surface area contributed by atoms with Crippen molar-refractivity contribution in [1.29, 1.82) is 0 Å². The van der Waals surface area contributed by atoms with Crippen molar-refractivity contribution < 1.29 is 9.59 Å². The number of benzene rings is 1. The molecular formula is C22H18N4O3S. The first-order valence-corrected chi connectivity index (χ1v) is 10.0. The number of aryl methyl sites for hydroxylation is 2. The van der Waals surface area contributed by atoms with Gasteiger partial charge in [0.2, 0.25) is 0 Å². The van der Waals surface area contributed by atoms with Crippen molar-refractivity contribution in [1.82, 2.24) is 19.2 Å². The van der Waals surface area contributed by atoms with Gasteiger partial charge in [-0.2, -0.15) is 4.68 Å². The lowest BCUT2D eigenvalue weighted by Crippen LogP contribution is -2.30. The number of aromatic nitrogens is 3. The number of fused-ring (bicyclic) bond motifs is 1. The Balaban J connectivity index is 1.85. The van der Waals surface area contributed by atoms with Crippen LogP contribution in [0, 0.1) is 33.1 Å². The molecule has 1 saturated heterocycles. The second-order valence-corrected chi connectivity index (χ2v) is 7.90. The molecule has 0 aliphatic carbocycles. The molecule has 150 valence electrons. The number of thioether (sulfide) groups is 1. The summed E-state index contributed by atoms with van der Waals surface area (Å²) < 4.78 is 3.29. The molecule has 4 rings (SSSR count). The Kier molecular flexibility index (Phi) is 4.84. The predicted molar refractivity (Wildman–Crippen MR) is 117 cm³/mol. The average Bonchev–Trinajstić information content (AvgIpc) is 3.13. The lowest BCUT2D eigenvalue weighted by atomic mass is 10.2. The fraction of sp³-hybridized carbons (Fsp3) is 0.182. The second-order valence-electron chi connectivity index (χ2n) is 6.90. The van der Waals surface area contributed by atoms with Crippen molar-refractivity contribution in [3.05, 3.63) is 68.4 Å². The predicted octanol–water partition coefficient (Wildman–Crippen LogP) is 3.10. The normalized spacial score (nSPS) is 15.4. The molecule has 0 atom stereocenters. The fourth-order valence-corrected chi connectivity index (χ4v) is 4.40. The third-order valence-corrected chi connectivity index (χ3v) is 5.87. The van der Waals surface area contributed by atoms with Gasteiger partial charge in [-0.3, -0.25) is 24.0 Å². The lowest BCUT2D eigenvalue weighted by molar-refractivity contribution is -0.122. The molecule has 0 spiro atoms. The summed E-state index contributed by atoms with van der Waals surface area (Å²) in [5.41, 5.74) is 2.74. The number of para-hydroxylation sites is 1. The highest BCUT2D eigenvalue weighted by atomic mass is 32.2. The van der Waals surface area contributed by atoms with Gasteiger partial charge in [0.05, 0.1) is 22.4 Å². The number of terminal acetylenes is 1. The molecule has 0 unspecified atom stereocenters. The molecule has 1 fully saturated rings. The summed E-state index contributed by atoms with van der Waals surface area (Å²) in [7, 11) is 0. The van der Waals surface area contributed by atoms with Crippen molar-refractivity contribution in [3.8, 4) is 12.3 Å². The van der Waals surface area contributed by atoms with Crippen LogP contribution < -0.4 is 5.56 Å². The molecule has 1 aromatic carbocycles. The van der Waals surface area contributed by atoms with Crippen LogP contribution in [0.1, 0.15) is 22.8 Å². The topological polar surface area (TPSA) is 77.2 Å². The number of hydrogen-bond acceptors (Lipinski definition) is 5. The maximum atomic E-state index is 13.2. The Hall–Kier alpha value is -3.57. The number of hydrogen-bond donors (Lipinski definition) is 0. The number of nitrogens with zero attached hydrogens (tertiary/aromatic N) is 4. The molecule has 1 aliphatic rings. The van der Waals surface area contributed by atoms with Gasteiger partial charge in [0.15, 0.2) is 0 Å². The molecule has 30 heavy (non-hydrogen) atoms. The second kappa shape index (κ2) is 7.35. The van der Waals surface area contributed by atoms with Gasteiger partial charge in [0.25, 0.3) is 16.7 Å². The number of carbonyl (C=O) groups is 2. The minimum absolute atomic E-state index is 0.0572. The summed E-state index contributed by atoms with van der Waals surface area (Å²) in [6, 6.07) is 9.07. The maximum absolute atomic E-state index is 13.2. The van der Waals surface area contributed by atoms with Crippen LogP contribution in [0.5, 0.6) is 0 Å². The van der Waals surface area contributed by atoms with Crippen molar-refractivity contribution in [2.45, 2.75) is 20.8 Å². The zero-order valence-electron chi connectivity index (χ0n) is 16.7. The molecule has 1 aliphatic heterocycles. The molecule has 2 amide bonds. The molecule has 0 saturated carbocycles. The van der Waals surface area contributed by atoms with Gasteiger partial charge >= 0.3 is 0 Å². The summed E-state index contributed by atoms with van der Waals surface area (Å²) in [6.45, 7) is 5.44. The van der Waals surface area contributed by atoms with Gasteiger partial charge in [0, 0.05) is 11.4 Å². The van der Waals surface area contributed by atoms with E-state index in [1.165, 1.54) is 4.68 Å². The number of amides is 2. The monoisotopic (exact) mass is 418 g/mol. The Bertz CT molecular complexity index is 1360. The fourth-order valence-electron chi connectivity index (χ4n) is 3.57. The molecule has 3 aromatic rings.